The first kappa shape index (κ1) is 10.2. The van der Waals surface area contributed by atoms with Crippen LogP contribution in [0.1, 0.15) is 0 Å². The molecular weight excluding hydrogens is 172 g/mol. The second kappa shape index (κ2) is 4.16. The molecule has 1 aliphatic rings. The average molecular weight is 185 g/mol. The van der Waals surface area contributed by atoms with Crippen LogP contribution in [0, 0.1) is 0 Å². The van der Waals surface area contributed by atoms with Gasteiger partial charge >= 0.3 is 0 Å². The molecule has 0 radical (unpaired) electrons. The van der Waals surface area contributed by atoms with Gasteiger partial charge in [-0.1, -0.05) is 0 Å². The fourth-order valence-corrected chi connectivity index (χ4v) is 2.37. The Morgan fingerprint density at radius 2 is 1.90 bits per heavy atom. The normalized spacial score (nSPS) is 22.9. The Labute approximate surface area is 68.2 Å². The number of hydrogen-bond acceptors (Lipinski definition) is 3. The van der Waals surface area contributed by atoms with E-state index >= 15 is 0 Å². The van der Waals surface area contributed by atoms with Crippen LogP contribution in [-0.4, -0.2) is 35.9 Å². The van der Waals surface area contributed by atoms with Crippen molar-refractivity contribution in [2.24, 2.45) is 4.36 Å². The molecule has 1 heterocycles. The van der Waals surface area contributed by atoms with Gasteiger partial charge in [-0.15, -0.1) is 12.4 Å². The Bertz CT molecular complexity index is 186. The Morgan fingerprint density at radius 3 is 2.20 bits per heavy atom. The summed E-state index contributed by atoms with van der Waals surface area (Å²) in [5, 5.41) is 3.14. The maximum absolute atomic E-state index is 11.4. The summed E-state index contributed by atoms with van der Waals surface area (Å²) in [6.07, 6.45) is 0. The second-order valence-corrected chi connectivity index (χ2v) is 4.84. The molecule has 1 aliphatic heterocycles. The summed E-state index contributed by atoms with van der Waals surface area (Å²) in [5.41, 5.74) is 0. The third-order valence-electron chi connectivity index (χ3n) is 1.53. The molecule has 0 atom stereocenters. The van der Waals surface area contributed by atoms with Gasteiger partial charge in [0.2, 0.25) is 0 Å². The topological polar surface area (TPSA) is 41.5 Å². The van der Waals surface area contributed by atoms with Crippen LogP contribution < -0.4 is 5.32 Å². The van der Waals surface area contributed by atoms with Crippen LogP contribution in [0.4, 0.5) is 0 Å². The Morgan fingerprint density at radius 1 is 1.40 bits per heavy atom. The van der Waals surface area contributed by atoms with Crippen LogP contribution in [0.15, 0.2) is 4.36 Å². The molecule has 1 saturated heterocycles. The Kier molecular flexibility index (Phi) is 4.24. The first-order valence-corrected chi connectivity index (χ1v) is 4.93. The van der Waals surface area contributed by atoms with Gasteiger partial charge in [-0.3, -0.25) is 0 Å². The monoisotopic (exact) mass is 184 g/mol. The molecule has 0 amide bonds. The lowest BCUT2D eigenvalue weighted by Gasteiger charge is -2.15. The zero-order valence-electron chi connectivity index (χ0n) is 6.00. The molecule has 1 N–H and O–H groups in total. The lowest BCUT2D eigenvalue weighted by Crippen LogP contribution is -2.35. The van der Waals surface area contributed by atoms with E-state index in [0.29, 0.717) is 0 Å². The highest BCUT2D eigenvalue weighted by Gasteiger charge is 2.11. The minimum atomic E-state index is -1.77. The van der Waals surface area contributed by atoms with Gasteiger partial charge in [-0.2, -0.15) is 0 Å². The van der Waals surface area contributed by atoms with Gasteiger partial charge in [0.15, 0.2) is 0 Å². The Hall–Kier alpha value is 0.200. The average Bonchev–Trinajstić information content (AvgIpc) is 1.90. The van der Waals surface area contributed by atoms with E-state index in [2.05, 4.69) is 9.68 Å². The summed E-state index contributed by atoms with van der Waals surface area (Å²) in [5.74, 6) is 1.45. The van der Waals surface area contributed by atoms with Gasteiger partial charge in [0.05, 0.1) is 0 Å². The summed E-state index contributed by atoms with van der Waals surface area (Å²) in [6, 6.07) is 0. The third-order valence-corrected chi connectivity index (χ3v) is 3.88. The summed E-state index contributed by atoms with van der Waals surface area (Å²) in [7, 11) is -0.119. The fourth-order valence-electron chi connectivity index (χ4n) is 0.873. The molecule has 5 heteroatoms. The second-order valence-electron chi connectivity index (χ2n) is 2.11. The largest absolute Gasteiger partial charge is 0.315 e. The highest BCUT2D eigenvalue weighted by molar-refractivity contribution is 7.93. The minimum absolute atomic E-state index is 0. The Balaban J connectivity index is 0.000000810. The predicted molar refractivity (Wildman–Crippen MR) is 46.3 cm³/mol. The lowest BCUT2D eigenvalue weighted by molar-refractivity contribution is 0.651. The van der Waals surface area contributed by atoms with E-state index in [1.165, 1.54) is 0 Å². The van der Waals surface area contributed by atoms with E-state index in [-0.39, 0.29) is 12.4 Å². The van der Waals surface area contributed by atoms with Crippen LogP contribution in [0.3, 0.4) is 0 Å². The van der Waals surface area contributed by atoms with E-state index in [1.54, 1.807) is 7.05 Å². The van der Waals surface area contributed by atoms with Crippen molar-refractivity contribution in [2.75, 3.05) is 31.6 Å². The molecule has 10 heavy (non-hydrogen) atoms. The number of rotatable bonds is 0. The maximum atomic E-state index is 11.4. The van der Waals surface area contributed by atoms with Gasteiger partial charge in [0.1, 0.15) is 0 Å². The van der Waals surface area contributed by atoms with Gasteiger partial charge in [0, 0.05) is 41.4 Å². The van der Waals surface area contributed by atoms with Crippen LogP contribution >= 0.6 is 12.4 Å². The van der Waals surface area contributed by atoms with Crippen molar-refractivity contribution in [1.29, 1.82) is 0 Å². The van der Waals surface area contributed by atoms with Crippen LogP contribution in [0.25, 0.3) is 0 Å². The molecule has 0 saturated carbocycles. The third kappa shape index (κ3) is 2.44. The molecule has 1 fully saturated rings. The number of nitrogens with zero attached hydrogens (tertiary/aromatic N) is 1. The zero-order valence-corrected chi connectivity index (χ0v) is 7.63. The fraction of sp³-hybridized carbons (Fsp3) is 1.00. The van der Waals surface area contributed by atoms with Crippen molar-refractivity contribution in [3.05, 3.63) is 0 Å². The number of hydrogen-bond donors (Lipinski definition) is 1. The molecule has 0 aromatic heterocycles. The molecule has 0 unspecified atom stereocenters. The van der Waals surface area contributed by atoms with E-state index < -0.39 is 9.73 Å². The van der Waals surface area contributed by atoms with Crippen LogP contribution in [0.5, 0.6) is 0 Å². The van der Waals surface area contributed by atoms with Crippen LogP contribution in [-0.2, 0) is 9.73 Å². The molecule has 0 spiro atoms. The molecule has 0 aromatic rings. The molecular formula is C5H13ClN2OS. The smallest absolute Gasteiger partial charge is 0.0489 e. The number of nitrogens with one attached hydrogen (secondary N) is 1. The number of halogens is 1. The van der Waals surface area contributed by atoms with Crippen molar-refractivity contribution in [1.82, 2.24) is 5.32 Å². The molecule has 0 bridgehead atoms. The first-order chi connectivity index (χ1) is 4.27. The van der Waals surface area contributed by atoms with Crippen molar-refractivity contribution < 1.29 is 4.21 Å². The van der Waals surface area contributed by atoms with Gasteiger partial charge in [-0.05, 0) is 0 Å². The van der Waals surface area contributed by atoms with E-state index in [0.717, 1.165) is 24.6 Å². The maximum Gasteiger partial charge on any atom is 0.0489 e. The SMILES string of the molecule is CN=S1(=O)CCNCC1.Cl. The van der Waals surface area contributed by atoms with Crippen molar-refractivity contribution in [3.8, 4) is 0 Å². The molecule has 0 aliphatic carbocycles. The van der Waals surface area contributed by atoms with Crippen molar-refractivity contribution in [3.63, 3.8) is 0 Å². The standard InChI is InChI=1S/C5H12N2OS.ClH/c1-6-9(8)4-2-7-3-5-9;/h7H,2-5H2,1H3;1H. The summed E-state index contributed by atoms with van der Waals surface area (Å²) >= 11 is 0. The lowest BCUT2D eigenvalue weighted by atomic mass is 10.6. The van der Waals surface area contributed by atoms with Crippen LogP contribution in [0.2, 0.25) is 0 Å². The first-order valence-electron chi connectivity index (χ1n) is 3.08. The summed E-state index contributed by atoms with van der Waals surface area (Å²) in [6.45, 7) is 1.71. The molecule has 3 nitrogen and oxygen atoms in total. The molecule has 1 rings (SSSR count). The highest BCUT2D eigenvalue weighted by atomic mass is 35.5. The van der Waals surface area contributed by atoms with E-state index in [9.17, 15) is 4.21 Å². The van der Waals surface area contributed by atoms with Gasteiger partial charge in [-0.25, -0.2) is 8.57 Å². The quantitative estimate of drug-likeness (QED) is 0.581. The summed E-state index contributed by atoms with van der Waals surface area (Å²) < 4.78 is 15.2. The van der Waals surface area contributed by atoms with Gasteiger partial charge in [0.25, 0.3) is 0 Å². The minimum Gasteiger partial charge on any atom is -0.315 e. The van der Waals surface area contributed by atoms with Crippen molar-refractivity contribution >= 4 is 22.1 Å². The summed E-state index contributed by atoms with van der Waals surface area (Å²) in [4.78, 5) is 0. The molecule has 62 valence electrons. The highest BCUT2D eigenvalue weighted by Crippen LogP contribution is 1.97. The van der Waals surface area contributed by atoms with Gasteiger partial charge < -0.3 is 5.32 Å². The predicted octanol–water partition coefficient (Wildman–Crippen LogP) is 0.109. The van der Waals surface area contributed by atoms with E-state index in [4.69, 9.17) is 0 Å². The van der Waals surface area contributed by atoms with E-state index in [1.807, 2.05) is 0 Å². The molecule has 0 aromatic carbocycles. The zero-order chi connectivity index (χ0) is 6.74. The van der Waals surface area contributed by atoms with Crippen molar-refractivity contribution in [2.45, 2.75) is 0 Å².